The third-order valence-corrected chi connectivity index (χ3v) is 1.71. The maximum atomic E-state index is 10.8. The monoisotopic (exact) mass is 144 g/mol. The minimum atomic E-state index is 0.178. The van der Waals surface area contributed by atoms with Gasteiger partial charge in [0, 0.05) is 0 Å². The van der Waals surface area contributed by atoms with Gasteiger partial charge >= 0.3 is 0 Å². The van der Waals surface area contributed by atoms with E-state index >= 15 is 0 Å². The van der Waals surface area contributed by atoms with Crippen molar-refractivity contribution in [2.24, 2.45) is 0 Å². The van der Waals surface area contributed by atoms with Crippen LogP contribution in [0.3, 0.4) is 0 Å². The summed E-state index contributed by atoms with van der Waals surface area (Å²) in [6.07, 6.45) is 4.69. The Morgan fingerprint density at radius 1 is 1.67 bits per heavy atom. The van der Waals surface area contributed by atoms with Crippen molar-refractivity contribution in [3.8, 4) is 0 Å². The molecule has 0 unspecified atom stereocenters. The second kappa shape index (κ2) is 4.62. The van der Waals surface area contributed by atoms with Gasteiger partial charge in [0.05, 0.1) is 0 Å². The molecule has 0 aromatic carbocycles. The molecule has 1 nitrogen and oxygen atoms in total. The van der Waals surface area contributed by atoms with Crippen LogP contribution in [0.4, 0.5) is 0 Å². The SMILES string of the molecule is CCC=C(C)C(=O)SC. The van der Waals surface area contributed by atoms with Crippen LogP contribution in [0, 0.1) is 0 Å². The molecule has 0 aliphatic rings. The van der Waals surface area contributed by atoms with Gasteiger partial charge in [0.25, 0.3) is 0 Å². The zero-order valence-electron chi connectivity index (χ0n) is 6.10. The first kappa shape index (κ1) is 8.76. The Morgan fingerprint density at radius 3 is 2.56 bits per heavy atom. The van der Waals surface area contributed by atoms with Gasteiger partial charge in [-0.3, -0.25) is 4.79 Å². The van der Waals surface area contributed by atoms with Crippen LogP contribution in [0.5, 0.6) is 0 Å². The number of carbonyl (C=O) groups excluding carboxylic acids is 1. The molecule has 0 N–H and O–H groups in total. The summed E-state index contributed by atoms with van der Waals surface area (Å²) in [5, 5.41) is 0.178. The van der Waals surface area contributed by atoms with Gasteiger partial charge in [-0.15, -0.1) is 0 Å². The van der Waals surface area contributed by atoms with Gasteiger partial charge in [-0.25, -0.2) is 0 Å². The molecule has 0 heterocycles. The second-order valence-corrected chi connectivity index (χ2v) is 2.57. The van der Waals surface area contributed by atoms with Crippen molar-refractivity contribution in [3.05, 3.63) is 11.6 Å². The molecular formula is C7H12OS. The van der Waals surface area contributed by atoms with Gasteiger partial charge in [-0.1, -0.05) is 24.8 Å². The van der Waals surface area contributed by atoms with Gasteiger partial charge in [-0.2, -0.15) is 0 Å². The van der Waals surface area contributed by atoms with Crippen molar-refractivity contribution >= 4 is 16.9 Å². The molecule has 0 saturated carbocycles. The van der Waals surface area contributed by atoms with Gasteiger partial charge in [0.2, 0.25) is 5.12 Å². The Labute approximate surface area is 60.5 Å². The van der Waals surface area contributed by atoms with E-state index in [1.807, 2.05) is 19.9 Å². The summed E-state index contributed by atoms with van der Waals surface area (Å²) in [7, 11) is 0. The van der Waals surface area contributed by atoms with E-state index in [0.29, 0.717) is 0 Å². The molecule has 0 fully saturated rings. The van der Waals surface area contributed by atoms with E-state index in [2.05, 4.69) is 0 Å². The van der Waals surface area contributed by atoms with Crippen LogP contribution in [0.1, 0.15) is 20.3 Å². The molecule has 0 aliphatic carbocycles. The molecule has 0 rings (SSSR count). The highest BCUT2D eigenvalue weighted by molar-refractivity contribution is 8.13. The average Bonchev–Trinajstić information content (AvgIpc) is 1.87. The van der Waals surface area contributed by atoms with Crippen molar-refractivity contribution in [2.45, 2.75) is 20.3 Å². The average molecular weight is 144 g/mol. The zero-order valence-corrected chi connectivity index (χ0v) is 6.92. The van der Waals surface area contributed by atoms with Crippen LogP contribution in [0.25, 0.3) is 0 Å². The molecule has 0 saturated heterocycles. The predicted molar refractivity (Wildman–Crippen MR) is 42.6 cm³/mol. The third-order valence-electron chi connectivity index (χ3n) is 1.02. The Hall–Kier alpha value is -0.240. The minimum Gasteiger partial charge on any atom is -0.282 e. The highest BCUT2D eigenvalue weighted by Crippen LogP contribution is 2.05. The van der Waals surface area contributed by atoms with Gasteiger partial charge < -0.3 is 0 Å². The van der Waals surface area contributed by atoms with Crippen molar-refractivity contribution in [3.63, 3.8) is 0 Å². The molecule has 0 aromatic heterocycles. The second-order valence-electron chi connectivity index (χ2n) is 1.79. The standard InChI is InChI=1S/C7H12OS/c1-4-5-6(2)7(8)9-3/h5H,4H2,1-3H3. The summed E-state index contributed by atoms with van der Waals surface area (Å²) < 4.78 is 0. The molecular weight excluding hydrogens is 132 g/mol. The number of hydrogen-bond acceptors (Lipinski definition) is 2. The summed E-state index contributed by atoms with van der Waals surface area (Å²) >= 11 is 1.27. The van der Waals surface area contributed by atoms with Crippen molar-refractivity contribution in [2.75, 3.05) is 6.26 Å². The lowest BCUT2D eigenvalue weighted by atomic mass is 10.3. The number of thioether (sulfide) groups is 1. The molecule has 2 heteroatoms. The largest absolute Gasteiger partial charge is 0.282 e. The number of hydrogen-bond donors (Lipinski definition) is 0. The fraction of sp³-hybridized carbons (Fsp3) is 0.571. The van der Waals surface area contributed by atoms with E-state index in [0.717, 1.165) is 12.0 Å². The van der Waals surface area contributed by atoms with Gasteiger partial charge in [-0.05, 0) is 25.2 Å². The lowest BCUT2D eigenvalue weighted by Gasteiger charge is -1.92. The van der Waals surface area contributed by atoms with E-state index in [-0.39, 0.29) is 5.12 Å². The molecule has 0 aromatic rings. The Balaban J connectivity index is 3.86. The molecule has 0 atom stereocenters. The highest BCUT2D eigenvalue weighted by atomic mass is 32.2. The van der Waals surface area contributed by atoms with E-state index in [1.54, 1.807) is 6.26 Å². The topological polar surface area (TPSA) is 17.1 Å². The van der Waals surface area contributed by atoms with Crippen LogP contribution in [0.2, 0.25) is 0 Å². The molecule has 52 valence electrons. The van der Waals surface area contributed by atoms with Crippen molar-refractivity contribution in [1.29, 1.82) is 0 Å². The predicted octanol–water partition coefficient (Wildman–Crippen LogP) is 2.23. The van der Waals surface area contributed by atoms with Crippen molar-refractivity contribution in [1.82, 2.24) is 0 Å². The minimum absolute atomic E-state index is 0.178. The van der Waals surface area contributed by atoms with Crippen LogP contribution >= 0.6 is 11.8 Å². The lowest BCUT2D eigenvalue weighted by molar-refractivity contribution is -0.107. The summed E-state index contributed by atoms with van der Waals surface area (Å²) in [5.41, 5.74) is 0.866. The van der Waals surface area contributed by atoms with E-state index < -0.39 is 0 Å². The molecule has 0 aliphatic heterocycles. The first-order valence-corrected chi connectivity index (χ1v) is 4.20. The number of carbonyl (C=O) groups is 1. The smallest absolute Gasteiger partial charge is 0.214 e. The van der Waals surface area contributed by atoms with Crippen LogP contribution in [-0.4, -0.2) is 11.4 Å². The van der Waals surface area contributed by atoms with Gasteiger partial charge in [0.1, 0.15) is 0 Å². The normalized spacial score (nSPS) is 11.7. The fourth-order valence-electron chi connectivity index (χ4n) is 0.551. The zero-order chi connectivity index (χ0) is 7.28. The maximum absolute atomic E-state index is 10.8. The molecule has 0 radical (unpaired) electrons. The summed E-state index contributed by atoms with van der Waals surface area (Å²) in [6, 6.07) is 0. The van der Waals surface area contributed by atoms with Crippen molar-refractivity contribution < 1.29 is 4.79 Å². The van der Waals surface area contributed by atoms with E-state index in [9.17, 15) is 4.79 Å². The highest BCUT2D eigenvalue weighted by Gasteiger charge is 1.98. The Kier molecular flexibility index (Phi) is 4.50. The maximum Gasteiger partial charge on any atom is 0.214 e. The number of allylic oxidation sites excluding steroid dienone is 1. The Morgan fingerprint density at radius 2 is 2.22 bits per heavy atom. The summed E-state index contributed by atoms with van der Waals surface area (Å²) in [5.74, 6) is 0. The Bertz CT molecular complexity index is 127. The fourth-order valence-corrected chi connectivity index (χ4v) is 0.956. The lowest BCUT2D eigenvalue weighted by Crippen LogP contribution is -1.90. The first-order valence-electron chi connectivity index (χ1n) is 2.97. The van der Waals surface area contributed by atoms with Crippen LogP contribution in [-0.2, 0) is 4.79 Å². The van der Waals surface area contributed by atoms with E-state index in [1.165, 1.54) is 11.8 Å². The van der Waals surface area contributed by atoms with Crippen LogP contribution in [0.15, 0.2) is 11.6 Å². The quantitative estimate of drug-likeness (QED) is 0.553. The molecule has 0 spiro atoms. The molecule has 0 amide bonds. The number of rotatable bonds is 2. The first-order chi connectivity index (χ1) is 4.22. The van der Waals surface area contributed by atoms with Crippen LogP contribution < -0.4 is 0 Å². The summed E-state index contributed by atoms with van der Waals surface area (Å²) in [4.78, 5) is 10.8. The van der Waals surface area contributed by atoms with Gasteiger partial charge in [0.15, 0.2) is 0 Å². The molecule has 9 heavy (non-hydrogen) atoms. The summed E-state index contributed by atoms with van der Waals surface area (Å²) in [6.45, 7) is 3.87. The third kappa shape index (κ3) is 3.36. The molecule has 0 bridgehead atoms. The van der Waals surface area contributed by atoms with E-state index in [4.69, 9.17) is 0 Å².